The van der Waals surface area contributed by atoms with Crippen LogP contribution in [0.3, 0.4) is 0 Å². The number of carboxylic acids is 1. The summed E-state index contributed by atoms with van der Waals surface area (Å²) in [5, 5.41) is 8.98. The molecule has 0 amide bonds. The smallest absolute Gasteiger partial charge is 0.337 e. The number of halogens is 1. The maximum Gasteiger partial charge on any atom is 0.337 e. The van der Waals surface area contributed by atoms with Gasteiger partial charge in [0.15, 0.2) is 0 Å². The van der Waals surface area contributed by atoms with E-state index >= 15 is 0 Å². The Morgan fingerprint density at radius 2 is 2.28 bits per heavy atom. The van der Waals surface area contributed by atoms with E-state index in [0.717, 1.165) is 0 Å². The maximum atomic E-state index is 11.1. The van der Waals surface area contributed by atoms with Crippen LogP contribution in [0.5, 0.6) is 0 Å². The summed E-state index contributed by atoms with van der Waals surface area (Å²) in [5.41, 5.74) is 0.482. The van der Waals surface area contributed by atoms with Gasteiger partial charge in [-0.15, -0.1) is 0 Å². The van der Waals surface area contributed by atoms with Crippen LogP contribution < -0.4 is 0 Å². The Morgan fingerprint density at radius 1 is 1.56 bits per heavy atom. The third-order valence-corrected chi connectivity index (χ3v) is 2.32. The lowest BCUT2D eigenvalue weighted by molar-refractivity contribution is -0.142. The van der Waals surface area contributed by atoms with Crippen molar-refractivity contribution in [3.63, 3.8) is 0 Å². The number of aromatic carboxylic acids is 1. The van der Waals surface area contributed by atoms with E-state index in [-0.39, 0.29) is 23.1 Å². The van der Waals surface area contributed by atoms with Crippen molar-refractivity contribution in [1.29, 1.82) is 0 Å². The van der Waals surface area contributed by atoms with Gasteiger partial charge in [-0.05, 0) is 13.0 Å². The molecule has 0 aliphatic heterocycles. The number of nitrogens with zero attached hydrogens (tertiary/aromatic N) is 1. The predicted octanol–water partition coefficient (Wildman–Crippen LogP) is 2.40. The van der Waals surface area contributed by atoms with Crippen molar-refractivity contribution < 1.29 is 19.4 Å². The highest BCUT2D eigenvalue weighted by Crippen LogP contribution is 2.16. The van der Waals surface area contributed by atoms with Crippen LogP contribution >= 0.6 is 11.6 Å². The fraction of sp³-hybridized carbons (Fsp3) is 0.250. The molecule has 0 aromatic carbocycles. The van der Waals surface area contributed by atoms with Gasteiger partial charge in [-0.2, -0.15) is 0 Å². The molecule has 0 aliphatic carbocycles. The van der Waals surface area contributed by atoms with E-state index in [9.17, 15) is 9.59 Å². The number of hydrogen-bond acceptors (Lipinski definition) is 4. The highest BCUT2D eigenvalue weighted by molar-refractivity contribution is 6.30. The number of pyridine rings is 1. The Hall–Kier alpha value is -1.88. The first-order chi connectivity index (χ1) is 8.54. The lowest BCUT2D eigenvalue weighted by atomic mass is 10.2. The lowest BCUT2D eigenvalue weighted by Crippen LogP contribution is -2.01. The fourth-order valence-electron chi connectivity index (χ4n) is 1.20. The Morgan fingerprint density at radius 3 is 2.89 bits per heavy atom. The summed E-state index contributed by atoms with van der Waals surface area (Å²) in [6, 6.07) is 1.39. The van der Waals surface area contributed by atoms with Gasteiger partial charge in [0.05, 0.1) is 18.6 Å². The summed E-state index contributed by atoms with van der Waals surface area (Å²) in [6.45, 7) is 2.04. The topological polar surface area (TPSA) is 76.5 Å². The molecule has 0 unspecified atom stereocenters. The van der Waals surface area contributed by atoms with Crippen molar-refractivity contribution in [3.8, 4) is 0 Å². The summed E-state index contributed by atoms with van der Waals surface area (Å²) in [4.78, 5) is 25.6. The molecular formula is C12H12ClNO4. The first-order valence-electron chi connectivity index (χ1n) is 5.25. The number of ether oxygens (including phenoxy) is 1. The Bertz CT molecular complexity index is 485. The normalized spacial score (nSPS) is 10.6. The van der Waals surface area contributed by atoms with Gasteiger partial charge < -0.3 is 9.84 Å². The van der Waals surface area contributed by atoms with E-state index in [1.54, 1.807) is 19.1 Å². The molecule has 1 heterocycles. The van der Waals surface area contributed by atoms with Gasteiger partial charge in [-0.3, -0.25) is 4.79 Å². The highest BCUT2D eigenvalue weighted by Gasteiger charge is 2.06. The summed E-state index contributed by atoms with van der Waals surface area (Å²) >= 11 is 5.81. The Balaban J connectivity index is 2.77. The Labute approximate surface area is 109 Å². The second kappa shape index (κ2) is 6.76. The minimum Gasteiger partial charge on any atom is -0.478 e. The molecular weight excluding hydrogens is 258 g/mol. The molecule has 18 heavy (non-hydrogen) atoms. The molecule has 96 valence electrons. The van der Waals surface area contributed by atoms with Gasteiger partial charge in [-0.25, -0.2) is 9.78 Å². The van der Waals surface area contributed by atoms with E-state index in [2.05, 4.69) is 4.98 Å². The van der Waals surface area contributed by atoms with Crippen LogP contribution in [0, 0.1) is 0 Å². The van der Waals surface area contributed by atoms with Gasteiger partial charge in [0.1, 0.15) is 5.15 Å². The van der Waals surface area contributed by atoms with Crippen molar-refractivity contribution in [2.75, 3.05) is 6.61 Å². The lowest BCUT2D eigenvalue weighted by Gasteiger charge is -2.00. The maximum absolute atomic E-state index is 11.1. The second-order valence-electron chi connectivity index (χ2n) is 3.32. The molecule has 0 fully saturated rings. The molecule has 0 radical (unpaired) electrons. The highest BCUT2D eigenvalue weighted by atomic mass is 35.5. The van der Waals surface area contributed by atoms with Gasteiger partial charge in [0, 0.05) is 11.8 Å². The van der Waals surface area contributed by atoms with Crippen molar-refractivity contribution in [1.82, 2.24) is 4.98 Å². The van der Waals surface area contributed by atoms with Crippen molar-refractivity contribution in [2.24, 2.45) is 0 Å². The number of esters is 1. The minimum atomic E-state index is -1.08. The third kappa shape index (κ3) is 4.18. The van der Waals surface area contributed by atoms with Crippen LogP contribution in [0.15, 0.2) is 18.3 Å². The average molecular weight is 270 g/mol. The van der Waals surface area contributed by atoms with Gasteiger partial charge >= 0.3 is 11.9 Å². The van der Waals surface area contributed by atoms with Crippen LogP contribution in [0.25, 0.3) is 6.08 Å². The van der Waals surface area contributed by atoms with E-state index in [4.69, 9.17) is 21.4 Å². The average Bonchev–Trinajstić information content (AvgIpc) is 2.31. The molecule has 0 aliphatic rings. The summed E-state index contributed by atoms with van der Waals surface area (Å²) < 4.78 is 4.74. The summed E-state index contributed by atoms with van der Waals surface area (Å²) in [6.07, 6.45) is 4.36. The SMILES string of the molecule is CCOC(=O)CC=Cc1cc(C(=O)O)cnc1Cl. The van der Waals surface area contributed by atoms with Crippen LogP contribution in [-0.2, 0) is 9.53 Å². The first kappa shape index (κ1) is 14.2. The molecule has 0 atom stereocenters. The number of carbonyl (C=O) groups is 2. The summed E-state index contributed by atoms with van der Waals surface area (Å²) in [7, 11) is 0. The number of aromatic nitrogens is 1. The minimum absolute atomic E-state index is 0.0372. The van der Waals surface area contributed by atoms with Gasteiger partial charge in [0.25, 0.3) is 0 Å². The molecule has 1 aromatic heterocycles. The number of carboxylic acid groups (broad SMARTS) is 1. The van der Waals surface area contributed by atoms with Crippen LogP contribution in [-0.4, -0.2) is 28.6 Å². The van der Waals surface area contributed by atoms with Gasteiger partial charge in [0.2, 0.25) is 0 Å². The molecule has 5 nitrogen and oxygen atoms in total. The second-order valence-corrected chi connectivity index (χ2v) is 3.68. The zero-order valence-corrected chi connectivity index (χ0v) is 10.5. The quantitative estimate of drug-likeness (QED) is 0.656. The zero-order chi connectivity index (χ0) is 13.5. The number of hydrogen-bond donors (Lipinski definition) is 1. The largest absolute Gasteiger partial charge is 0.478 e. The molecule has 0 bridgehead atoms. The Kier molecular flexibility index (Phi) is 5.32. The van der Waals surface area contributed by atoms with Crippen LogP contribution in [0.4, 0.5) is 0 Å². The molecule has 0 saturated carbocycles. The van der Waals surface area contributed by atoms with E-state index in [0.29, 0.717) is 12.2 Å². The van der Waals surface area contributed by atoms with Crippen molar-refractivity contribution in [3.05, 3.63) is 34.6 Å². The monoisotopic (exact) mass is 269 g/mol. The molecule has 1 aromatic rings. The van der Waals surface area contributed by atoms with Crippen molar-refractivity contribution in [2.45, 2.75) is 13.3 Å². The predicted molar refractivity (Wildman–Crippen MR) is 66.5 cm³/mol. The molecule has 1 N–H and O–H groups in total. The molecule has 1 rings (SSSR count). The van der Waals surface area contributed by atoms with Crippen LogP contribution in [0.2, 0.25) is 5.15 Å². The number of rotatable bonds is 5. The van der Waals surface area contributed by atoms with E-state index < -0.39 is 5.97 Å². The van der Waals surface area contributed by atoms with E-state index in [1.807, 2.05) is 0 Å². The molecule has 0 saturated heterocycles. The standard InChI is InChI=1S/C12H12ClNO4/c1-2-18-10(15)5-3-4-8-6-9(12(16)17)7-14-11(8)13/h3-4,6-7H,2,5H2,1H3,(H,16,17). The van der Waals surface area contributed by atoms with Gasteiger partial charge in [-0.1, -0.05) is 23.8 Å². The molecule has 6 heteroatoms. The summed E-state index contributed by atoms with van der Waals surface area (Å²) in [5.74, 6) is -1.44. The van der Waals surface area contributed by atoms with Crippen molar-refractivity contribution >= 4 is 29.6 Å². The zero-order valence-electron chi connectivity index (χ0n) is 9.72. The van der Waals surface area contributed by atoms with E-state index in [1.165, 1.54) is 12.3 Å². The van der Waals surface area contributed by atoms with Crippen LogP contribution in [0.1, 0.15) is 29.3 Å². The number of carbonyl (C=O) groups excluding carboxylic acids is 1. The molecule has 0 spiro atoms. The fourth-order valence-corrected chi connectivity index (χ4v) is 1.37. The first-order valence-corrected chi connectivity index (χ1v) is 5.63. The third-order valence-electron chi connectivity index (χ3n) is 2.00.